The minimum Gasteiger partial charge on any atom is -0.496 e. The molecule has 1 heterocycles. The van der Waals surface area contributed by atoms with Crippen LogP contribution in [0.5, 0.6) is 5.75 Å². The van der Waals surface area contributed by atoms with Crippen molar-refractivity contribution in [1.82, 2.24) is 4.90 Å². The van der Waals surface area contributed by atoms with Gasteiger partial charge in [0.05, 0.1) is 19.7 Å². The number of aryl methyl sites for hydroxylation is 1. The second kappa shape index (κ2) is 8.57. The Balaban J connectivity index is 1.90. The van der Waals surface area contributed by atoms with Crippen LogP contribution >= 0.6 is 27.5 Å². The van der Waals surface area contributed by atoms with Crippen molar-refractivity contribution in [3.8, 4) is 11.8 Å². The van der Waals surface area contributed by atoms with Crippen LogP contribution in [-0.2, 0) is 12.8 Å². The van der Waals surface area contributed by atoms with Crippen molar-refractivity contribution in [3.63, 3.8) is 0 Å². The van der Waals surface area contributed by atoms with E-state index in [2.05, 4.69) is 33.1 Å². The zero-order valence-corrected chi connectivity index (χ0v) is 16.8. The van der Waals surface area contributed by atoms with Gasteiger partial charge in [-0.3, -0.25) is 4.99 Å². The molecule has 134 valence electrons. The summed E-state index contributed by atoms with van der Waals surface area (Å²) in [5, 5.41) is 9.78. The van der Waals surface area contributed by atoms with E-state index < -0.39 is 0 Å². The molecule has 0 fully saturated rings. The molecule has 1 aliphatic heterocycles. The normalized spacial score (nSPS) is 13.5. The topological polar surface area (TPSA) is 48.6 Å². The zero-order valence-electron chi connectivity index (χ0n) is 14.5. The summed E-state index contributed by atoms with van der Waals surface area (Å²) in [6.45, 7) is 1.82. The lowest BCUT2D eigenvalue weighted by Gasteiger charge is -2.20. The van der Waals surface area contributed by atoms with Gasteiger partial charge in [0.1, 0.15) is 18.1 Å². The molecule has 0 aliphatic carbocycles. The Labute approximate surface area is 167 Å². The Morgan fingerprint density at radius 2 is 2.15 bits per heavy atom. The lowest BCUT2D eigenvalue weighted by Crippen LogP contribution is -2.29. The maximum Gasteiger partial charge on any atom is 0.132 e. The van der Waals surface area contributed by atoms with Crippen LogP contribution in [0, 0.1) is 11.3 Å². The van der Waals surface area contributed by atoms with E-state index in [-0.39, 0.29) is 0 Å². The van der Waals surface area contributed by atoms with E-state index in [1.54, 1.807) is 7.11 Å². The van der Waals surface area contributed by atoms with E-state index in [1.807, 2.05) is 35.2 Å². The summed E-state index contributed by atoms with van der Waals surface area (Å²) >= 11 is 10.0. The Morgan fingerprint density at radius 1 is 1.31 bits per heavy atom. The van der Waals surface area contributed by atoms with Crippen molar-refractivity contribution >= 4 is 33.4 Å². The molecular formula is C20H19BrClN3O. The molecule has 4 nitrogen and oxygen atoms in total. The minimum absolute atomic E-state index is 0.338. The number of ether oxygens (including phenoxy) is 1. The molecule has 2 aromatic carbocycles. The molecule has 26 heavy (non-hydrogen) atoms. The summed E-state index contributed by atoms with van der Waals surface area (Å²) in [5.74, 6) is 1.73. The molecule has 0 N–H and O–H groups in total. The maximum atomic E-state index is 9.06. The molecule has 6 heteroatoms. The van der Waals surface area contributed by atoms with E-state index in [0.29, 0.717) is 13.1 Å². The molecule has 1 aliphatic rings. The smallest absolute Gasteiger partial charge is 0.132 e. The fourth-order valence-corrected chi connectivity index (χ4v) is 3.88. The summed E-state index contributed by atoms with van der Waals surface area (Å²) in [6, 6.07) is 14.1. The monoisotopic (exact) mass is 431 g/mol. The van der Waals surface area contributed by atoms with E-state index in [1.165, 1.54) is 0 Å². The van der Waals surface area contributed by atoms with Crippen LogP contribution < -0.4 is 4.74 Å². The zero-order chi connectivity index (χ0) is 18.5. The number of nitrogens with zero attached hydrogens (tertiary/aromatic N) is 3. The van der Waals surface area contributed by atoms with Gasteiger partial charge in [0.2, 0.25) is 0 Å². The van der Waals surface area contributed by atoms with E-state index in [9.17, 15) is 0 Å². The van der Waals surface area contributed by atoms with Crippen molar-refractivity contribution in [2.45, 2.75) is 12.8 Å². The number of methoxy groups -OCH3 is 1. The number of halogens is 2. The molecule has 2 aromatic rings. The highest BCUT2D eigenvalue weighted by Crippen LogP contribution is 2.28. The first-order chi connectivity index (χ1) is 12.6. The Kier molecular flexibility index (Phi) is 6.18. The van der Waals surface area contributed by atoms with Gasteiger partial charge >= 0.3 is 0 Å². The minimum atomic E-state index is 0.338. The lowest BCUT2D eigenvalue weighted by atomic mass is 9.98. The third-order valence-corrected chi connectivity index (χ3v) is 5.29. The average molecular weight is 433 g/mol. The second-order valence-electron chi connectivity index (χ2n) is 6.01. The van der Waals surface area contributed by atoms with Crippen molar-refractivity contribution < 1.29 is 4.74 Å². The second-order valence-corrected chi connectivity index (χ2v) is 7.33. The van der Waals surface area contributed by atoms with Crippen molar-refractivity contribution in [3.05, 3.63) is 62.6 Å². The fourth-order valence-electron chi connectivity index (χ4n) is 3.20. The predicted molar refractivity (Wildman–Crippen MR) is 108 cm³/mol. The first-order valence-electron chi connectivity index (χ1n) is 8.40. The van der Waals surface area contributed by atoms with Gasteiger partial charge in [-0.05, 0) is 48.2 Å². The van der Waals surface area contributed by atoms with Crippen LogP contribution in [-0.4, -0.2) is 37.5 Å². The SMILES string of the molecule is COc1ccc(Br)cc1CCc1c(Cl)cccc1C1=NCCN1CC#N. The fraction of sp³-hybridized carbons (Fsp3) is 0.300. The van der Waals surface area contributed by atoms with Crippen LogP contribution in [0.2, 0.25) is 5.02 Å². The van der Waals surface area contributed by atoms with Crippen molar-refractivity contribution in [2.75, 3.05) is 26.7 Å². The van der Waals surface area contributed by atoms with Gasteiger partial charge in [0, 0.05) is 21.6 Å². The van der Waals surface area contributed by atoms with Gasteiger partial charge in [-0.25, -0.2) is 0 Å². The number of amidine groups is 1. The Bertz CT molecular complexity index is 876. The number of nitriles is 1. The van der Waals surface area contributed by atoms with E-state index in [4.69, 9.17) is 21.6 Å². The van der Waals surface area contributed by atoms with Crippen molar-refractivity contribution in [1.29, 1.82) is 5.26 Å². The Hall–Kier alpha value is -2.03. The van der Waals surface area contributed by atoms with Gasteiger partial charge in [0.25, 0.3) is 0 Å². The van der Waals surface area contributed by atoms with Gasteiger partial charge in [-0.15, -0.1) is 0 Å². The highest BCUT2D eigenvalue weighted by atomic mass is 79.9. The van der Waals surface area contributed by atoms with Crippen LogP contribution in [0.25, 0.3) is 0 Å². The molecule has 0 unspecified atom stereocenters. The molecule has 0 bridgehead atoms. The molecule has 0 spiro atoms. The van der Waals surface area contributed by atoms with Crippen LogP contribution in [0.4, 0.5) is 0 Å². The summed E-state index contributed by atoms with van der Waals surface area (Å²) in [4.78, 5) is 6.62. The molecule has 0 radical (unpaired) electrons. The number of rotatable bonds is 6. The van der Waals surface area contributed by atoms with Gasteiger partial charge < -0.3 is 9.64 Å². The molecule has 0 saturated carbocycles. The number of aliphatic imine (C=N–C) groups is 1. The number of hydrogen-bond donors (Lipinski definition) is 0. The summed E-state index contributed by atoms with van der Waals surface area (Å²) in [5.41, 5.74) is 3.19. The van der Waals surface area contributed by atoms with Crippen LogP contribution in [0.1, 0.15) is 16.7 Å². The van der Waals surface area contributed by atoms with Gasteiger partial charge in [-0.2, -0.15) is 5.26 Å². The third-order valence-electron chi connectivity index (χ3n) is 4.44. The van der Waals surface area contributed by atoms with Gasteiger partial charge in [0.15, 0.2) is 0 Å². The predicted octanol–water partition coefficient (Wildman–Crippen LogP) is 4.48. The largest absolute Gasteiger partial charge is 0.496 e. The first kappa shape index (κ1) is 18.8. The molecule has 0 amide bonds. The molecule has 0 saturated heterocycles. The van der Waals surface area contributed by atoms with Crippen LogP contribution in [0.3, 0.4) is 0 Å². The molecule has 3 rings (SSSR count). The summed E-state index contributed by atoms with van der Waals surface area (Å²) in [7, 11) is 1.68. The highest BCUT2D eigenvalue weighted by molar-refractivity contribution is 9.10. The molecule has 0 atom stereocenters. The summed E-state index contributed by atoms with van der Waals surface area (Å²) < 4.78 is 6.50. The average Bonchev–Trinajstić information content (AvgIpc) is 3.09. The Morgan fingerprint density at radius 3 is 2.92 bits per heavy atom. The number of hydrogen-bond acceptors (Lipinski definition) is 4. The third kappa shape index (κ3) is 4.03. The number of benzene rings is 2. The lowest BCUT2D eigenvalue weighted by molar-refractivity contribution is 0.409. The maximum absolute atomic E-state index is 9.06. The van der Waals surface area contributed by atoms with Gasteiger partial charge in [-0.1, -0.05) is 39.7 Å². The standard InChI is InChI=1S/C20H19BrClN3O/c1-26-19-8-6-15(21)13-14(19)5-7-16-17(3-2-4-18(16)22)20-24-10-12-25(20)11-9-23/h2-4,6,8,13H,5,7,10-12H2,1H3. The van der Waals surface area contributed by atoms with E-state index in [0.717, 1.165) is 57.2 Å². The van der Waals surface area contributed by atoms with E-state index >= 15 is 0 Å². The van der Waals surface area contributed by atoms with Crippen molar-refractivity contribution in [2.24, 2.45) is 4.99 Å². The summed E-state index contributed by atoms with van der Waals surface area (Å²) in [6.07, 6.45) is 1.56. The van der Waals surface area contributed by atoms with Crippen LogP contribution in [0.15, 0.2) is 45.9 Å². The highest BCUT2D eigenvalue weighted by Gasteiger charge is 2.22. The first-order valence-corrected chi connectivity index (χ1v) is 9.57. The quantitative estimate of drug-likeness (QED) is 0.632. The molecule has 0 aromatic heterocycles. The molecular weight excluding hydrogens is 414 g/mol.